The Labute approximate surface area is 145 Å². The smallest absolute Gasteiger partial charge is 0.293 e. The highest BCUT2D eigenvalue weighted by atomic mass is 35.5. The third kappa shape index (κ3) is 2.72. The van der Waals surface area contributed by atoms with Crippen LogP contribution in [-0.4, -0.2) is 27.7 Å². The molecule has 1 aliphatic heterocycles. The van der Waals surface area contributed by atoms with Gasteiger partial charge in [-0.25, -0.2) is 4.98 Å². The molecule has 2 fully saturated rings. The monoisotopic (exact) mass is 345 g/mol. The summed E-state index contributed by atoms with van der Waals surface area (Å²) in [4.78, 5) is 18.9. The molecule has 126 valence electrons. The summed E-state index contributed by atoms with van der Waals surface area (Å²) < 4.78 is 1.79. The first-order chi connectivity index (χ1) is 11.6. The normalized spacial score (nSPS) is 20.2. The van der Waals surface area contributed by atoms with Crippen molar-refractivity contribution in [2.24, 2.45) is 0 Å². The minimum atomic E-state index is -0.945. The number of hydrogen-bond donors (Lipinski definition) is 1. The molecule has 2 aromatic rings. The zero-order chi connectivity index (χ0) is 16.7. The third-order valence-corrected chi connectivity index (χ3v) is 5.39. The first-order valence-corrected chi connectivity index (χ1v) is 8.76. The van der Waals surface area contributed by atoms with Crippen LogP contribution in [0.1, 0.15) is 37.3 Å². The predicted octanol–water partition coefficient (Wildman–Crippen LogP) is 2.72. The van der Waals surface area contributed by atoms with Crippen molar-refractivity contribution in [3.8, 4) is 0 Å². The fourth-order valence-electron chi connectivity index (χ4n) is 3.47. The van der Waals surface area contributed by atoms with E-state index in [1.165, 1.54) is 0 Å². The van der Waals surface area contributed by atoms with E-state index in [4.69, 9.17) is 11.6 Å². The van der Waals surface area contributed by atoms with Gasteiger partial charge in [-0.05, 0) is 31.7 Å². The molecule has 0 atom stereocenters. The number of anilines is 1. The molecule has 24 heavy (non-hydrogen) atoms. The highest BCUT2D eigenvalue weighted by Gasteiger charge is 2.36. The molecule has 2 aliphatic rings. The van der Waals surface area contributed by atoms with Crippen molar-refractivity contribution < 1.29 is 5.11 Å². The number of aromatic nitrogens is 2. The first-order valence-electron chi connectivity index (χ1n) is 8.38. The van der Waals surface area contributed by atoms with Gasteiger partial charge in [0.05, 0.1) is 5.60 Å². The van der Waals surface area contributed by atoms with Gasteiger partial charge >= 0.3 is 0 Å². The SMILES string of the molecule is O=c1c(N2CCC(O)(c3ccccc3Cl)CC2)nccn1C1CC1. The Balaban J connectivity index is 1.56. The standard InChI is InChI=1S/C18H20ClN3O2/c19-15-4-2-1-3-14(15)18(24)7-10-21(11-8-18)16-17(23)22(12-9-20-16)13-5-6-13/h1-4,9,12-13,24H,5-8,10-11H2. The Morgan fingerprint density at radius 3 is 2.58 bits per heavy atom. The first kappa shape index (κ1) is 15.7. The molecular formula is C18H20ClN3O2. The topological polar surface area (TPSA) is 58.4 Å². The van der Waals surface area contributed by atoms with Crippen LogP contribution in [-0.2, 0) is 5.60 Å². The number of rotatable bonds is 3. The van der Waals surface area contributed by atoms with Crippen molar-refractivity contribution in [3.63, 3.8) is 0 Å². The molecule has 5 nitrogen and oxygen atoms in total. The minimum Gasteiger partial charge on any atom is -0.385 e. The Hall–Kier alpha value is -1.85. The summed E-state index contributed by atoms with van der Waals surface area (Å²) in [6, 6.07) is 7.76. The van der Waals surface area contributed by atoms with Gasteiger partial charge in [-0.2, -0.15) is 0 Å². The minimum absolute atomic E-state index is 0.0248. The number of hydrogen-bond acceptors (Lipinski definition) is 4. The van der Waals surface area contributed by atoms with Crippen LogP contribution < -0.4 is 10.5 Å². The summed E-state index contributed by atoms with van der Waals surface area (Å²) in [7, 11) is 0. The summed E-state index contributed by atoms with van der Waals surface area (Å²) >= 11 is 6.25. The lowest BCUT2D eigenvalue weighted by molar-refractivity contribution is 0.0117. The summed E-state index contributed by atoms with van der Waals surface area (Å²) in [6.07, 6.45) is 6.65. The predicted molar refractivity (Wildman–Crippen MR) is 93.6 cm³/mol. The molecule has 0 radical (unpaired) electrons. The van der Waals surface area contributed by atoms with Gasteiger partial charge in [-0.3, -0.25) is 4.79 Å². The van der Waals surface area contributed by atoms with Crippen LogP contribution in [0, 0.1) is 0 Å². The molecule has 4 rings (SSSR count). The molecule has 1 aromatic carbocycles. The van der Waals surface area contributed by atoms with Crippen molar-refractivity contribution in [2.75, 3.05) is 18.0 Å². The van der Waals surface area contributed by atoms with E-state index in [0.717, 1.165) is 18.4 Å². The van der Waals surface area contributed by atoms with Crippen LogP contribution in [0.15, 0.2) is 41.5 Å². The van der Waals surface area contributed by atoms with E-state index in [2.05, 4.69) is 4.98 Å². The van der Waals surface area contributed by atoms with Crippen molar-refractivity contribution in [3.05, 3.63) is 57.6 Å². The molecule has 1 saturated carbocycles. The van der Waals surface area contributed by atoms with Gasteiger partial charge in [-0.1, -0.05) is 29.8 Å². The second-order valence-corrected chi connectivity index (χ2v) is 7.10. The van der Waals surface area contributed by atoms with Crippen LogP contribution in [0.2, 0.25) is 5.02 Å². The number of aliphatic hydroxyl groups is 1. The molecule has 0 spiro atoms. The summed E-state index contributed by atoms with van der Waals surface area (Å²) in [5, 5.41) is 11.6. The fraction of sp³-hybridized carbons (Fsp3) is 0.444. The van der Waals surface area contributed by atoms with Gasteiger partial charge in [0.1, 0.15) is 0 Å². The highest BCUT2D eigenvalue weighted by Crippen LogP contribution is 2.37. The Morgan fingerprint density at radius 2 is 1.92 bits per heavy atom. The molecule has 1 saturated heterocycles. The number of halogens is 1. The second-order valence-electron chi connectivity index (χ2n) is 6.69. The van der Waals surface area contributed by atoms with Crippen molar-refractivity contribution >= 4 is 17.4 Å². The fourth-order valence-corrected chi connectivity index (χ4v) is 3.78. The molecule has 0 unspecified atom stereocenters. The molecule has 1 aliphatic carbocycles. The highest BCUT2D eigenvalue weighted by molar-refractivity contribution is 6.31. The lowest BCUT2D eigenvalue weighted by Crippen LogP contribution is -2.45. The Kier molecular flexibility index (Phi) is 3.85. The number of piperidine rings is 1. The Bertz CT molecular complexity index is 808. The lowest BCUT2D eigenvalue weighted by atomic mass is 9.84. The van der Waals surface area contributed by atoms with Gasteiger partial charge in [0.15, 0.2) is 5.82 Å². The number of benzene rings is 1. The van der Waals surface area contributed by atoms with Gasteiger partial charge in [-0.15, -0.1) is 0 Å². The van der Waals surface area contributed by atoms with Gasteiger partial charge in [0, 0.05) is 42.1 Å². The van der Waals surface area contributed by atoms with E-state index in [-0.39, 0.29) is 5.56 Å². The van der Waals surface area contributed by atoms with E-state index >= 15 is 0 Å². The zero-order valence-electron chi connectivity index (χ0n) is 13.4. The molecule has 0 amide bonds. The van der Waals surface area contributed by atoms with E-state index in [9.17, 15) is 9.90 Å². The van der Waals surface area contributed by atoms with E-state index in [1.807, 2.05) is 23.1 Å². The third-order valence-electron chi connectivity index (χ3n) is 5.06. The molecule has 6 heteroatoms. The molecule has 2 heterocycles. The largest absolute Gasteiger partial charge is 0.385 e. The molecule has 1 aromatic heterocycles. The van der Waals surface area contributed by atoms with Crippen LogP contribution in [0.4, 0.5) is 5.82 Å². The van der Waals surface area contributed by atoms with Gasteiger partial charge < -0.3 is 14.6 Å². The maximum atomic E-state index is 12.6. The summed E-state index contributed by atoms with van der Waals surface area (Å²) in [6.45, 7) is 1.16. The summed E-state index contributed by atoms with van der Waals surface area (Å²) in [5.41, 5.74) is -0.204. The molecule has 1 N–H and O–H groups in total. The van der Waals surface area contributed by atoms with Crippen LogP contribution in [0.5, 0.6) is 0 Å². The maximum absolute atomic E-state index is 12.6. The summed E-state index contributed by atoms with van der Waals surface area (Å²) in [5.74, 6) is 0.491. The quantitative estimate of drug-likeness (QED) is 0.929. The van der Waals surface area contributed by atoms with E-state index in [1.54, 1.807) is 23.0 Å². The van der Waals surface area contributed by atoms with Crippen LogP contribution >= 0.6 is 11.6 Å². The van der Waals surface area contributed by atoms with Crippen molar-refractivity contribution in [2.45, 2.75) is 37.3 Å². The van der Waals surface area contributed by atoms with Crippen molar-refractivity contribution in [1.29, 1.82) is 0 Å². The van der Waals surface area contributed by atoms with Crippen molar-refractivity contribution in [1.82, 2.24) is 9.55 Å². The molecular weight excluding hydrogens is 326 g/mol. The zero-order valence-corrected chi connectivity index (χ0v) is 14.1. The number of nitrogens with zero attached hydrogens (tertiary/aromatic N) is 3. The molecule has 0 bridgehead atoms. The van der Waals surface area contributed by atoms with Crippen LogP contribution in [0.3, 0.4) is 0 Å². The van der Waals surface area contributed by atoms with Crippen LogP contribution in [0.25, 0.3) is 0 Å². The average molecular weight is 346 g/mol. The Morgan fingerprint density at radius 1 is 1.21 bits per heavy atom. The second kappa shape index (κ2) is 5.90. The lowest BCUT2D eigenvalue weighted by Gasteiger charge is -2.39. The average Bonchev–Trinajstić information content (AvgIpc) is 3.41. The van der Waals surface area contributed by atoms with Gasteiger partial charge in [0.25, 0.3) is 5.56 Å². The van der Waals surface area contributed by atoms with E-state index < -0.39 is 5.60 Å². The van der Waals surface area contributed by atoms with E-state index in [0.29, 0.717) is 42.8 Å². The maximum Gasteiger partial charge on any atom is 0.293 e. The van der Waals surface area contributed by atoms with Gasteiger partial charge in [0.2, 0.25) is 0 Å².